The fraction of sp³-hybridized carbons (Fsp3) is 0.385. The van der Waals surface area contributed by atoms with Gasteiger partial charge in [0.05, 0.1) is 17.2 Å². The highest BCUT2D eigenvalue weighted by Crippen LogP contribution is 2.14. The quantitative estimate of drug-likeness (QED) is 0.637. The van der Waals surface area contributed by atoms with E-state index in [-0.39, 0.29) is 12.5 Å². The lowest BCUT2D eigenvalue weighted by atomic mass is 10.2. The van der Waals surface area contributed by atoms with Crippen LogP contribution in [0.25, 0.3) is 0 Å². The highest BCUT2D eigenvalue weighted by atomic mass is 35.5. The van der Waals surface area contributed by atoms with Crippen LogP contribution in [0, 0.1) is 0 Å². The highest BCUT2D eigenvalue weighted by molar-refractivity contribution is 6.33. The average Bonchev–Trinajstić information content (AvgIpc) is 2.37. The molecule has 0 saturated carbocycles. The van der Waals surface area contributed by atoms with Crippen LogP contribution in [0.4, 0.5) is 0 Å². The molecule has 0 unspecified atom stereocenters. The van der Waals surface area contributed by atoms with Crippen molar-refractivity contribution in [3.8, 4) is 0 Å². The summed E-state index contributed by atoms with van der Waals surface area (Å²) in [5.74, 6) is -0.822. The van der Waals surface area contributed by atoms with Gasteiger partial charge in [0.25, 0.3) is 5.91 Å². The summed E-state index contributed by atoms with van der Waals surface area (Å²) in [5, 5.41) is 2.82. The number of rotatable bonds is 6. The maximum Gasteiger partial charge on any atom is 0.325 e. The minimum atomic E-state index is -0.441. The van der Waals surface area contributed by atoms with Crippen LogP contribution < -0.4 is 5.32 Å². The minimum Gasteiger partial charge on any atom is -0.464 e. The summed E-state index contributed by atoms with van der Waals surface area (Å²) in [7, 11) is 0. The van der Waals surface area contributed by atoms with Gasteiger partial charge in [0.15, 0.2) is 0 Å². The van der Waals surface area contributed by atoms with Gasteiger partial charge >= 0.3 is 5.97 Å². The summed E-state index contributed by atoms with van der Waals surface area (Å²) >= 11 is 5.86. The molecule has 0 atom stereocenters. The predicted molar refractivity (Wildman–Crippen MR) is 69.7 cm³/mol. The Kier molecular flexibility index (Phi) is 6.22. The molecule has 0 spiro atoms. The van der Waals surface area contributed by atoms with Crippen molar-refractivity contribution in [1.82, 2.24) is 5.32 Å². The summed E-state index contributed by atoms with van der Waals surface area (Å²) < 4.78 is 4.91. The molecule has 18 heavy (non-hydrogen) atoms. The highest BCUT2D eigenvalue weighted by Gasteiger charge is 2.11. The van der Waals surface area contributed by atoms with Crippen LogP contribution >= 0.6 is 11.6 Å². The molecule has 0 saturated heterocycles. The zero-order valence-electron chi connectivity index (χ0n) is 10.2. The summed E-state index contributed by atoms with van der Waals surface area (Å²) in [6.45, 7) is 2.25. The topological polar surface area (TPSA) is 55.4 Å². The van der Waals surface area contributed by atoms with E-state index in [4.69, 9.17) is 16.3 Å². The largest absolute Gasteiger partial charge is 0.464 e. The second-order valence-corrected chi connectivity index (χ2v) is 4.14. The Morgan fingerprint density at radius 1 is 1.33 bits per heavy atom. The van der Waals surface area contributed by atoms with Crippen molar-refractivity contribution in [1.29, 1.82) is 0 Å². The van der Waals surface area contributed by atoms with Gasteiger partial charge in [-0.3, -0.25) is 9.59 Å². The molecule has 1 aromatic carbocycles. The van der Waals surface area contributed by atoms with Crippen LogP contribution in [-0.4, -0.2) is 25.0 Å². The van der Waals surface area contributed by atoms with Crippen LogP contribution in [0.2, 0.25) is 5.02 Å². The zero-order chi connectivity index (χ0) is 13.4. The molecule has 0 aromatic heterocycles. The number of nitrogens with one attached hydrogen (secondary N) is 1. The van der Waals surface area contributed by atoms with Gasteiger partial charge in [-0.15, -0.1) is 0 Å². The molecule has 0 radical (unpaired) electrons. The van der Waals surface area contributed by atoms with Gasteiger partial charge < -0.3 is 10.1 Å². The normalized spacial score (nSPS) is 9.89. The van der Waals surface area contributed by atoms with Crippen molar-refractivity contribution >= 4 is 23.5 Å². The smallest absolute Gasteiger partial charge is 0.325 e. The number of amides is 1. The predicted octanol–water partition coefficient (Wildman–Crippen LogP) is 2.41. The van der Waals surface area contributed by atoms with Crippen LogP contribution in [-0.2, 0) is 9.53 Å². The number of carbonyl (C=O) groups is 2. The molecular formula is C13H16ClNO3. The molecule has 0 aliphatic heterocycles. The summed E-state index contributed by atoms with van der Waals surface area (Å²) in [6.07, 6.45) is 1.78. The third-order valence-corrected chi connectivity index (χ3v) is 2.60. The van der Waals surface area contributed by atoms with E-state index in [1.165, 1.54) is 0 Å². The van der Waals surface area contributed by atoms with Gasteiger partial charge in [0.1, 0.15) is 6.54 Å². The molecular weight excluding hydrogens is 254 g/mol. The number of halogens is 1. The number of carbonyl (C=O) groups excluding carboxylic acids is 2. The molecule has 4 nitrogen and oxygen atoms in total. The molecule has 98 valence electrons. The van der Waals surface area contributed by atoms with E-state index in [0.717, 1.165) is 12.8 Å². The van der Waals surface area contributed by atoms with Gasteiger partial charge in [0.2, 0.25) is 0 Å². The molecule has 1 rings (SSSR count). The lowest BCUT2D eigenvalue weighted by Gasteiger charge is -2.06. The van der Waals surface area contributed by atoms with Gasteiger partial charge in [-0.05, 0) is 18.6 Å². The number of unbranched alkanes of at least 4 members (excludes halogenated alkanes) is 1. The standard InChI is InChI=1S/C13H16ClNO3/c1-2-3-8-18-12(16)9-15-13(17)10-6-4-5-7-11(10)14/h4-7H,2-3,8-9H2,1H3,(H,15,17). The second kappa shape index (κ2) is 7.71. The number of esters is 1. The lowest BCUT2D eigenvalue weighted by molar-refractivity contribution is -0.142. The van der Waals surface area contributed by atoms with Crippen molar-refractivity contribution in [3.63, 3.8) is 0 Å². The van der Waals surface area contributed by atoms with E-state index in [1.807, 2.05) is 6.92 Å². The molecule has 1 N–H and O–H groups in total. The maximum absolute atomic E-state index is 11.7. The molecule has 0 fully saturated rings. The van der Waals surface area contributed by atoms with Gasteiger partial charge in [-0.25, -0.2) is 0 Å². The van der Waals surface area contributed by atoms with Crippen molar-refractivity contribution in [2.45, 2.75) is 19.8 Å². The molecule has 1 aromatic rings. The average molecular weight is 270 g/mol. The van der Waals surface area contributed by atoms with Crippen molar-refractivity contribution in [2.24, 2.45) is 0 Å². The Morgan fingerprint density at radius 2 is 2.06 bits per heavy atom. The van der Waals surface area contributed by atoms with E-state index in [2.05, 4.69) is 5.32 Å². The summed E-state index contributed by atoms with van der Waals surface area (Å²) in [4.78, 5) is 23.0. The Morgan fingerprint density at radius 3 is 2.72 bits per heavy atom. The first kappa shape index (κ1) is 14.5. The Hall–Kier alpha value is -1.55. The number of hydrogen-bond donors (Lipinski definition) is 1. The van der Waals surface area contributed by atoms with Gasteiger partial charge in [-0.2, -0.15) is 0 Å². The lowest BCUT2D eigenvalue weighted by Crippen LogP contribution is -2.30. The van der Waals surface area contributed by atoms with Crippen molar-refractivity contribution in [2.75, 3.05) is 13.2 Å². The molecule has 0 heterocycles. The second-order valence-electron chi connectivity index (χ2n) is 3.74. The van der Waals surface area contributed by atoms with Crippen molar-refractivity contribution < 1.29 is 14.3 Å². The van der Waals surface area contributed by atoms with Crippen LogP contribution in [0.1, 0.15) is 30.1 Å². The first-order valence-electron chi connectivity index (χ1n) is 5.83. The Balaban J connectivity index is 2.38. The van der Waals surface area contributed by atoms with Crippen LogP contribution in [0.15, 0.2) is 24.3 Å². The van der Waals surface area contributed by atoms with Crippen LogP contribution in [0.3, 0.4) is 0 Å². The van der Waals surface area contributed by atoms with Gasteiger partial charge in [0, 0.05) is 0 Å². The van der Waals surface area contributed by atoms with E-state index in [0.29, 0.717) is 17.2 Å². The van der Waals surface area contributed by atoms with E-state index in [9.17, 15) is 9.59 Å². The fourth-order valence-electron chi connectivity index (χ4n) is 1.27. The summed E-state index contributed by atoms with van der Waals surface area (Å²) in [6, 6.07) is 6.66. The molecule has 1 amide bonds. The number of hydrogen-bond acceptors (Lipinski definition) is 3. The monoisotopic (exact) mass is 269 g/mol. The minimum absolute atomic E-state index is 0.145. The Bertz CT molecular complexity index is 420. The SMILES string of the molecule is CCCCOC(=O)CNC(=O)c1ccccc1Cl. The van der Waals surface area contributed by atoms with E-state index < -0.39 is 5.97 Å². The zero-order valence-corrected chi connectivity index (χ0v) is 11.0. The van der Waals surface area contributed by atoms with E-state index in [1.54, 1.807) is 24.3 Å². The molecule has 0 aliphatic carbocycles. The van der Waals surface area contributed by atoms with Crippen molar-refractivity contribution in [3.05, 3.63) is 34.9 Å². The molecule has 5 heteroatoms. The number of benzene rings is 1. The maximum atomic E-state index is 11.7. The third-order valence-electron chi connectivity index (χ3n) is 2.27. The third kappa shape index (κ3) is 4.75. The van der Waals surface area contributed by atoms with Crippen LogP contribution in [0.5, 0.6) is 0 Å². The molecule has 0 aliphatic rings. The first-order chi connectivity index (χ1) is 8.65. The van der Waals surface area contributed by atoms with E-state index >= 15 is 0 Å². The molecule has 0 bridgehead atoms. The fourth-order valence-corrected chi connectivity index (χ4v) is 1.50. The first-order valence-corrected chi connectivity index (χ1v) is 6.21. The van der Waals surface area contributed by atoms with Gasteiger partial charge in [-0.1, -0.05) is 37.1 Å². The summed E-state index contributed by atoms with van der Waals surface area (Å²) in [5.41, 5.74) is 0.348. The Labute approximate surface area is 111 Å². The number of ether oxygens (including phenoxy) is 1.